The fraction of sp³-hybridized carbons (Fsp3) is 0.467. The molecule has 1 aliphatic carbocycles. The molecular formula is C15H19NO2. The van der Waals surface area contributed by atoms with E-state index in [2.05, 4.69) is 5.32 Å². The molecule has 96 valence electrons. The first kappa shape index (κ1) is 12.8. The Hall–Kier alpha value is -1.64. The van der Waals surface area contributed by atoms with Gasteiger partial charge >= 0.3 is 0 Å². The minimum atomic E-state index is -0.376. The van der Waals surface area contributed by atoms with Crippen LogP contribution in [0, 0.1) is 5.92 Å². The molecule has 1 aromatic carbocycles. The fourth-order valence-electron chi connectivity index (χ4n) is 2.07. The normalized spacial score (nSPS) is 16.4. The van der Waals surface area contributed by atoms with Crippen molar-refractivity contribution in [1.82, 2.24) is 5.32 Å². The van der Waals surface area contributed by atoms with Gasteiger partial charge in [-0.15, -0.1) is 0 Å². The highest BCUT2D eigenvalue weighted by molar-refractivity contribution is 5.94. The molecule has 0 atom stereocenters. The second kappa shape index (κ2) is 4.92. The lowest BCUT2D eigenvalue weighted by Gasteiger charge is -2.15. The van der Waals surface area contributed by atoms with Crippen molar-refractivity contribution in [2.24, 2.45) is 5.92 Å². The van der Waals surface area contributed by atoms with E-state index in [9.17, 15) is 9.59 Å². The Morgan fingerprint density at radius 1 is 1.22 bits per heavy atom. The molecule has 1 saturated carbocycles. The summed E-state index contributed by atoms with van der Waals surface area (Å²) >= 11 is 0. The van der Waals surface area contributed by atoms with Gasteiger partial charge in [0, 0.05) is 5.92 Å². The summed E-state index contributed by atoms with van der Waals surface area (Å²) in [6.45, 7) is 3.84. The number of ketones is 1. The summed E-state index contributed by atoms with van der Waals surface area (Å²) in [5, 5.41) is 2.78. The fourth-order valence-corrected chi connectivity index (χ4v) is 2.07. The molecule has 18 heavy (non-hydrogen) atoms. The lowest BCUT2D eigenvalue weighted by atomic mass is 9.95. The predicted molar refractivity (Wildman–Crippen MR) is 70.2 cm³/mol. The second-order valence-corrected chi connectivity index (χ2v) is 5.25. The first-order valence-electron chi connectivity index (χ1n) is 6.43. The number of hydrogen-bond acceptors (Lipinski definition) is 2. The van der Waals surface area contributed by atoms with E-state index in [4.69, 9.17) is 0 Å². The molecule has 1 N–H and O–H groups in total. The van der Waals surface area contributed by atoms with Gasteiger partial charge in [-0.2, -0.15) is 0 Å². The topological polar surface area (TPSA) is 46.2 Å². The number of nitrogens with one attached hydrogen (secondary N) is 1. The van der Waals surface area contributed by atoms with Gasteiger partial charge in [0.15, 0.2) is 5.78 Å². The van der Waals surface area contributed by atoms with Crippen molar-refractivity contribution < 1.29 is 9.59 Å². The summed E-state index contributed by atoms with van der Waals surface area (Å²) in [5.41, 5.74) is 0.679. The number of hydrogen-bond donors (Lipinski definition) is 1. The number of rotatable bonds is 5. The Bertz CT molecular complexity index is 447. The van der Waals surface area contributed by atoms with E-state index in [1.807, 2.05) is 44.2 Å². The average Bonchev–Trinajstić information content (AvgIpc) is 3.18. The van der Waals surface area contributed by atoms with Crippen LogP contribution in [-0.4, -0.2) is 18.2 Å². The molecule has 0 radical (unpaired) electrons. The summed E-state index contributed by atoms with van der Waals surface area (Å²) in [7, 11) is 0. The molecule has 0 aliphatic heterocycles. The van der Waals surface area contributed by atoms with Crippen LogP contribution < -0.4 is 5.32 Å². The van der Waals surface area contributed by atoms with Gasteiger partial charge in [0.1, 0.15) is 0 Å². The van der Waals surface area contributed by atoms with E-state index in [0.29, 0.717) is 0 Å². The zero-order valence-corrected chi connectivity index (χ0v) is 10.9. The van der Waals surface area contributed by atoms with Crippen LogP contribution in [0.1, 0.15) is 32.3 Å². The Morgan fingerprint density at radius 3 is 2.33 bits per heavy atom. The zero-order valence-electron chi connectivity index (χ0n) is 10.9. The van der Waals surface area contributed by atoms with Crippen molar-refractivity contribution >= 4 is 11.7 Å². The van der Waals surface area contributed by atoms with Crippen molar-refractivity contribution in [2.75, 3.05) is 6.54 Å². The maximum atomic E-state index is 12.2. The first-order valence-corrected chi connectivity index (χ1v) is 6.43. The molecule has 0 heterocycles. The van der Waals surface area contributed by atoms with Gasteiger partial charge in [-0.25, -0.2) is 0 Å². The van der Waals surface area contributed by atoms with Crippen molar-refractivity contribution in [3.05, 3.63) is 35.9 Å². The smallest absolute Gasteiger partial charge is 0.231 e. The Labute approximate surface area is 108 Å². The molecule has 1 fully saturated rings. The van der Waals surface area contributed by atoms with Crippen molar-refractivity contribution in [3.8, 4) is 0 Å². The molecule has 1 aliphatic rings. The molecule has 0 saturated heterocycles. The largest absolute Gasteiger partial charge is 0.348 e. The van der Waals surface area contributed by atoms with E-state index in [-0.39, 0.29) is 29.6 Å². The molecule has 0 aromatic heterocycles. The van der Waals surface area contributed by atoms with Gasteiger partial charge in [-0.05, 0) is 18.4 Å². The molecule has 1 amide bonds. The van der Waals surface area contributed by atoms with Gasteiger partial charge in [-0.1, -0.05) is 44.2 Å². The van der Waals surface area contributed by atoms with Crippen LogP contribution in [0.3, 0.4) is 0 Å². The van der Waals surface area contributed by atoms with Crippen LogP contribution in [0.2, 0.25) is 0 Å². The van der Waals surface area contributed by atoms with E-state index in [1.165, 1.54) is 0 Å². The van der Waals surface area contributed by atoms with Crippen molar-refractivity contribution in [3.63, 3.8) is 0 Å². The third kappa shape index (κ3) is 2.45. The Morgan fingerprint density at radius 2 is 1.83 bits per heavy atom. The van der Waals surface area contributed by atoms with Crippen LogP contribution in [0.15, 0.2) is 30.3 Å². The van der Waals surface area contributed by atoms with Crippen LogP contribution in [0.5, 0.6) is 0 Å². The summed E-state index contributed by atoms with van der Waals surface area (Å²) in [5.74, 6) is 0.0343. The summed E-state index contributed by atoms with van der Waals surface area (Å²) in [6, 6.07) is 9.80. The van der Waals surface area contributed by atoms with Crippen molar-refractivity contribution in [1.29, 1.82) is 0 Å². The van der Waals surface area contributed by atoms with Crippen molar-refractivity contribution in [2.45, 2.75) is 32.1 Å². The van der Waals surface area contributed by atoms with E-state index < -0.39 is 0 Å². The van der Waals surface area contributed by atoms with Crippen LogP contribution in [0.25, 0.3) is 0 Å². The minimum Gasteiger partial charge on any atom is -0.348 e. The molecule has 0 spiro atoms. The highest BCUT2D eigenvalue weighted by Crippen LogP contribution is 2.48. The third-order valence-corrected chi connectivity index (χ3v) is 3.58. The number of amides is 1. The predicted octanol–water partition coefficient (Wildman–Crippen LogP) is 2.06. The van der Waals surface area contributed by atoms with Gasteiger partial charge in [0.25, 0.3) is 0 Å². The monoisotopic (exact) mass is 245 g/mol. The molecule has 0 unspecified atom stereocenters. The lowest BCUT2D eigenvalue weighted by molar-refractivity contribution is -0.127. The molecule has 2 rings (SSSR count). The van der Waals surface area contributed by atoms with Crippen LogP contribution >= 0.6 is 0 Å². The summed E-state index contributed by atoms with van der Waals surface area (Å²) in [6.07, 6.45) is 1.75. The third-order valence-electron chi connectivity index (χ3n) is 3.58. The molecule has 0 bridgehead atoms. The Balaban J connectivity index is 2.00. The lowest BCUT2D eigenvalue weighted by Crippen LogP contribution is -2.38. The summed E-state index contributed by atoms with van der Waals surface area (Å²) in [4.78, 5) is 23.7. The molecule has 3 nitrogen and oxygen atoms in total. The summed E-state index contributed by atoms with van der Waals surface area (Å²) < 4.78 is 0. The Kier molecular flexibility index (Phi) is 3.50. The van der Waals surface area contributed by atoms with Crippen LogP contribution in [0.4, 0.5) is 0 Å². The molecule has 3 heteroatoms. The van der Waals surface area contributed by atoms with Gasteiger partial charge in [0.2, 0.25) is 5.91 Å². The quantitative estimate of drug-likeness (QED) is 0.863. The standard InChI is InChI=1S/C15H19NO2/c1-11(2)13(17)10-16-14(18)15(8-9-15)12-6-4-3-5-7-12/h3-7,11H,8-10H2,1-2H3,(H,16,18). The molecule has 1 aromatic rings. The number of carbonyl (C=O) groups excluding carboxylic acids is 2. The molecular weight excluding hydrogens is 226 g/mol. The SMILES string of the molecule is CC(C)C(=O)CNC(=O)C1(c2ccccc2)CC1. The van der Waals surface area contributed by atoms with E-state index >= 15 is 0 Å². The van der Waals surface area contributed by atoms with Gasteiger partial charge < -0.3 is 5.32 Å². The highest BCUT2D eigenvalue weighted by Gasteiger charge is 2.51. The maximum absolute atomic E-state index is 12.2. The first-order chi connectivity index (χ1) is 8.56. The van der Waals surface area contributed by atoms with E-state index in [0.717, 1.165) is 18.4 Å². The number of benzene rings is 1. The van der Waals surface area contributed by atoms with Gasteiger partial charge in [0.05, 0.1) is 12.0 Å². The maximum Gasteiger partial charge on any atom is 0.231 e. The zero-order chi connectivity index (χ0) is 13.2. The number of Topliss-reactive ketones (excluding diaryl/α,β-unsaturated/α-hetero) is 1. The highest BCUT2D eigenvalue weighted by atomic mass is 16.2. The average molecular weight is 245 g/mol. The van der Waals surface area contributed by atoms with E-state index in [1.54, 1.807) is 0 Å². The van der Waals surface area contributed by atoms with Gasteiger partial charge in [-0.3, -0.25) is 9.59 Å². The second-order valence-electron chi connectivity index (χ2n) is 5.25. The van der Waals surface area contributed by atoms with Crippen LogP contribution in [-0.2, 0) is 15.0 Å². The minimum absolute atomic E-state index is 0.0114. The number of carbonyl (C=O) groups is 2.